The zero-order valence-electron chi connectivity index (χ0n) is 22.6. The molecule has 4 aromatic rings. The molecule has 3 aromatic carbocycles. The molecule has 2 aliphatic rings. The van der Waals surface area contributed by atoms with Crippen LogP contribution >= 0.6 is 23.2 Å². The van der Waals surface area contributed by atoms with E-state index >= 15 is 0 Å². The molecule has 0 bridgehead atoms. The van der Waals surface area contributed by atoms with Gasteiger partial charge in [-0.3, -0.25) is 14.5 Å². The summed E-state index contributed by atoms with van der Waals surface area (Å²) in [6.07, 6.45) is 1.81. The fourth-order valence-corrected chi connectivity index (χ4v) is 6.39. The van der Waals surface area contributed by atoms with Gasteiger partial charge in [-0.15, -0.1) is 0 Å². The van der Waals surface area contributed by atoms with Crippen molar-refractivity contribution < 1.29 is 19.1 Å². The molecule has 1 unspecified atom stereocenters. The van der Waals surface area contributed by atoms with Gasteiger partial charge >= 0.3 is 0 Å². The van der Waals surface area contributed by atoms with E-state index < -0.39 is 5.54 Å². The third kappa shape index (κ3) is 3.50. The highest BCUT2D eigenvalue weighted by atomic mass is 35.5. The smallest absolute Gasteiger partial charge is 0.261 e. The lowest BCUT2D eigenvalue weighted by Gasteiger charge is -2.36. The predicted octanol–water partition coefficient (Wildman–Crippen LogP) is 7.09. The second-order valence-corrected chi connectivity index (χ2v) is 11.2. The summed E-state index contributed by atoms with van der Waals surface area (Å²) < 4.78 is 13.1. The fraction of sp³-hybridized carbons (Fsp3) is 0.226. The Kier molecular flexibility index (Phi) is 6.13. The zero-order valence-corrected chi connectivity index (χ0v) is 24.1. The zero-order chi connectivity index (χ0) is 28.5. The maximum Gasteiger partial charge on any atom is 0.261 e. The predicted molar refractivity (Wildman–Crippen MR) is 157 cm³/mol. The van der Waals surface area contributed by atoms with Crippen molar-refractivity contribution in [1.29, 1.82) is 0 Å². The lowest BCUT2D eigenvalue weighted by Crippen LogP contribution is -2.51. The SMILES string of the molecule is COc1ccc(-n2cc3c(c2C(C)C)C2(C(=O)Nc4cc(Cl)ccc42)N(c2cc(Cl)ccc2C)C3=O)c(OC)c1. The molecule has 2 aliphatic heterocycles. The van der Waals surface area contributed by atoms with Crippen LogP contribution in [0.3, 0.4) is 0 Å². The number of hydrogen-bond acceptors (Lipinski definition) is 4. The number of ether oxygens (including phenoxy) is 2. The van der Waals surface area contributed by atoms with Crippen LogP contribution in [-0.2, 0) is 10.3 Å². The number of amides is 2. The Hall–Kier alpha value is -3.94. The second-order valence-electron chi connectivity index (χ2n) is 10.3. The van der Waals surface area contributed by atoms with Gasteiger partial charge in [-0.2, -0.15) is 0 Å². The van der Waals surface area contributed by atoms with E-state index in [4.69, 9.17) is 32.7 Å². The summed E-state index contributed by atoms with van der Waals surface area (Å²) >= 11 is 12.8. The van der Waals surface area contributed by atoms with E-state index in [0.717, 1.165) is 16.9 Å². The van der Waals surface area contributed by atoms with Crippen molar-refractivity contribution in [2.24, 2.45) is 0 Å². The molecule has 1 N–H and O–H groups in total. The van der Waals surface area contributed by atoms with Crippen molar-refractivity contribution in [2.45, 2.75) is 32.2 Å². The molecular formula is C31H27Cl2N3O4. The molecule has 6 rings (SSSR count). The average Bonchev–Trinajstić information content (AvgIpc) is 3.53. The van der Waals surface area contributed by atoms with Gasteiger partial charge in [0.2, 0.25) is 0 Å². The van der Waals surface area contributed by atoms with E-state index in [1.807, 2.05) is 49.6 Å². The van der Waals surface area contributed by atoms with E-state index in [2.05, 4.69) is 5.32 Å². The van der Waals surface area contributed by atoms with E-state index in [1.54, 1.807) is 55.6 Å². The van der Waals surface area contributed by atoms with E-state index in [-0.39, 0.29) is 17.7 Å². The molecule has 1 atom stereocenters. The molecule has 0 saturated heterocycles. The van der Waals surface area contributed by atoms with Crippen LogP contribution in [0.5, 0.6) is 11.5 Å². The van der Waals surface area contributed by atoms with Gasteiger partial charge in [-0.05, 0) is 54.8 Å². The Morgan fingerprint density at radius 3 is 2.33 bits per heavy atom. The van der Waals surface area contributed by atoms with Crippen LogP contribution in [0.15, 0.2) is 60.8 Å². The molecule has 2 amide bonds. The molecular weight excluding hydrogens is 549 g/mol. The Morgan fingerprint density at radius 1 is 0.900 bits per heavy atom. The molecule has 0 radical (unpaired) electrons. The third-order valence-electron chi connectivity index (χ3n) is 7.73. The first-order valence-corrected chi connectivity index (χ1v) is 13.6. The molecule has 0 saturated carbocycles. The van der Waals surface area contributed by atoms with Crippen molar-refractivity contribution in [3.05, 3.63) is 98.8 Å². The maximum absolute atomic E-state index is 14.5. The highest BCUT2D eigenvalue weighted by molar-refractivity contribution is 6.32. The van der Waals surface area contributed by atoms with Crippen LogP contribution < -0.4 is 19.7 Å². The highest BCUT2D eigenvalue weighted by Gasteiger charge is 2.63. The van der Waals surface area contributed by atoms with Gasteiger partial charge in [0.15, 0.2) is 5.54 Å². The van der Waals surface area contributed by atoms with Gasteiger partial charge in [0.1, 0.15) is 11.5 Å². The molecule has 0 aliphatic carbocycles. The number of carbonyl (C=O) groups is 2. The minimum atomic E-state index is -1.48. The highest BCUT2D eigenvalue weighted by Crippen LogP contribution is 2.56. The number of aryl methyl sites for hydroxylation is 1. The lowest BCUT2D eigenvalue weighted by atomic mass is 9.81. The minimum Gasteiger partial charge on any atom is -0.497 e. The minimum absolute atomic E-state index is 0.0789. The fourth-order valence-electron chi connectivity index (χ4n) is 6.05. The third-order valence-corrected chi connectivity index (χ3v) is 8.20. The van der Waals surface area contributed by atoms with Gasteiger partial charge in [-0.25, -0.2) is 0 Å². The van der Waals surface area contributed by atoms with Crippen LogP contribution in [-0.4, -0.2) is 30.6 Å². The molecule has 1 aromatic heterocycles. The Morgan fingerprint density at radius 2 is 1.62 bits per heavy atom. The van der Waals surface area contributed by atoms with E-state index in [9.17, 15) is 9.59 Å². The average molecular weight is 576 g/mol. The Bertz CT molecular complexity index is 1730. The number of hydrogen-bond donors (Lipinski definition) is 1. The Labute approximate surface area is 242 Å². The van der Waals surface area contributed by atoms with Crippen LogP contribution in [0.1, 0.15) is 52.5 Å². The maximum atomic E-state index is 14.5. The number of rotatable bonds is 5. The van der Waals surface area contributed by atoms with Crippen LogP contribution in [0, 0.1) is 6.92 Å². The van der Waals surface area contributed by atoms with Gasteiger partial charge in [0.05, 0.1) is 31.2 Å². The van der Waals surface area contributed by atoms with Crippen molar-refractivity contribution in [2.75, 3.05) is 24.4 Å². The number of nitrogens with zero attached hydrogens (tertiary/aromatic N) is 2. The van der Waals surface area contributed by atoms with Crippen molar-refractivity contribution >= 4 is 46.4 Å². The molecule has 7 nitrogen and oxygen atoms in total. The lowest BCUT2D eigenvalue weighted by molar-refractivity contribution is -0.119. The van der Waals surface area contributed by atoms with Crippen molar-refractivity contribution in [3.63, 3.8) is 0 Å². The van der Waals surface area contributed by atoms with E-state index in [1.165, 1.54) is 0 Å². The number of methoxy groups -OCH3 is 2. The monoisotopic (exact) mass is 575 g/mol. The summed E-state index contributed by atoms with van der Waals surface area (Å²) in [5.41, 5.74) is 3.70. The van der Waals surface area contributed by atoms with Gasteiger partial charge in [0, 0.05) is 44.8 Å². The number of carbonyl (C=O) groups excluding carboxylic acids is 2. The molecule has 1 spiro atoms. The number of aromatic nitrogens is 1. The number of nitrogens with one attached hydrogen (secondary N) is 1. The first-order chi connectivity index (χ1) is 19.1. The number of fused-ring (bicyclic) bond motifs is 4. The van der Waals surface area contributed by atoms with Gasteiger partial charge in [-0.1, -0.05) is 49.2 Å². The molecule has 9 heteroatoms. The van der Waals surface area contributed by atoms with Gasteiger partial charge in [0.25, 0.3) is 11.8 Å². The van der Waals surface area contributed by atoms with Crippen LogP contribution in [0.4, 0.5) is 11.4 Å². The van der Waals surface area contributed by atoms with Crippen molar-refractivity contribution in [1.82, 2.24) is 4.57 Å². The second kappa shape index (κ2) is 9.32. The van der Waals surface area contributed by atoms with E-state index in [0.29, 0.717) is 49.6 Å². The molecule has 3 heterocycles. The van der Waals surface area contributed by atoms with Crippen LogP contribution in [0.2, 0.25) is 10.0 Å². The normalized spacial score (nSPS) is 17.4. The summed E-state index contributed by atoms with van der Waals surface area (Å²) in [6.45, 7) is 5.99. The topological polar surface area (TPSA) is 72.8 Å². The summed E-state index contributed by atoms with van der Waals surface area (Å²) in [4.78, 5) is 30.5. The summed E-state index contributed by atoms with van der Waals surface area (Å²) in [6, 6.07) is 16.2. The van der Waals surface area contributed by atoms with Crippen LogP contribution in [0.25, 0.3) is 5.69 Å². The standard InChI is InChI=1S/C31H27Cl2N3O4/c1-16(2)28-27-21(15-35(28)24-11-9-20(39-4)14-26(24)40-5)29(37)36(25-13-19(33)7-6-17(25)3)31(27)22-10-8-18(32)12-23(22)34-30(31)38/h6-16H,1-5H3,(H,34,38). The summed E-state index contributed by atoms with van der Waals surface area (Å²) in [7, 11) is 3.18. The molecule has 40 heavy (non-hydrogen) atoms. The number of halogens is 2. The summed E-state index contributed by atoms with van der Waals surface area (Å²) in [5, 5.41) is 3.97. The number of benzene rings is 3. The molecule has 204 valence electrons. The Balaban J connectivity index is 1.73. The quantitative estimate of drug-likeness (QED) is 0.275. The first-order valence-electron chi connectivity index (χ1n) is 12.8. The first kappa shape index (κ1) is 26.3. The van der Waals surface area contributed by atoms with Gasteiger partial charge < -0.3 is 19.4 Å². The van der Waals surface area contributed by atoms with Crippen molar-refractivity contribution in [3.8, 4) is 17.2 Å². The number of anilines is 2. The molecule has 0 fully saturated rings. The summed E-state index contributed by atoms with van der Waals surface area (Å²) in [5.74, 6) is 0.498. The largest absolute Gasteiger partial charge is 0.497 e.